The van der Waals surface area contributed by atoms with Crippen LogP contribution in [0.3, 0.4) is 0 Å². The van der Waals surface area contributed by atoms with E-state index in [0.717, 1.165) is 0 Å². The Hall–Kier alpha value is -3.39. The predicted octanol–water partition coefficient (Wildman–Crippen LogP) is 2.73. The molecule has 2 aromatic carbocycles. The highest BCUT2D eigenvalue weighted by atomic mass is 35.5. The van der Waals surface area contributed by atoms with E-state index in [4.69, 9.17) is 22.1 Å². The largest absolute Gasteiger partial charge is 0.494 e. The lowest BCUT2D eigenvalue weighted by Gasteiger charge is -2.12. The van der Waals surface area contributed by atoms with E-state index in [1.165, 1.54) is 26.4 Å². The summed E-state index contributed by atoms with van der Waals surface area (Å²) in [4.78, 5) is 40.8. The number of anilines is 2. The SMILES string of the molecule is COC(=O)c1ccc(C(=O)CCN=C2C(=O)Nc3cc(Cl)ccc32)c(N)c1OC. The molecule has 2 aromatic rings. The van der Waals surface area contributed by atoms with Crippen molar-refractivity contribution in [3.8, 4) is 5.75 Å². The zero-order valence-electron chi connectivity index (χ0n) is 15.7. The van der Waals surface area contributed by atoms with E-state index in [-0.39, 0.29) is 52.9 Å². The molecule has 0 spiro atoms. The minimum absolute atomic E-state index is 0.0185. The summed E-state index contributed by atoms with van der Waals surface area (Å²) < 4.78 is 9.85. The Balaban J connectivity index is 1.78. The zero-order valence-corrected chi connectivity index (χ0v) is 16.5. The first-order valence-electron chi connectivity index (χ1n) is 8.61. The minimum Gasteiger partial charge on any atom is -0.494 e. The number of nitrogen functional groups attached to an aromatic ring is 1. The second-order valence-electron chi connectivity index (χ2n) is 6.15. The number of amides is 1. The maximum absolute atomic E-state index is 12.6. The van der Waals surface area contributed by atoms with E-state index >= 15 is 0 Å². The highest BCUT2D eigenvalue weighted by Gasteiger charge is 2.26. The average molecular weight is 416 g/mol. The molecule has 29 heavy (non-hydrogen) atoms. The van der Waals surface area contributed by atoms with Gasteiger partial charge in [0.25, 0.3) is 5.91 Å². The van der Waals surface area contributed by atoms with Crippen molar-refractivity contribution >= 4 is 46.3 Å². The second-order valence-corrected chi connectivity index (χ2v) is 6.58. The third-order valence-electron chi connectivity index (χ3n) is 4.41. The van der Waals surface area contributed by atoms with Crippen LogP contribution in [-0.4, -0.2) is 44.1 Å². The van der Waals surface area contributed by atoms with Crippen LogP contribution in [0.15, 0.2) is 35.3 Å². The Morgan fingerprint density at radius 3 is 2.59 bits per heavy atom. The molecule has 0 fully saturated rings. The number of rotatable bonds is 6. The molecule has 0 saturated carbocycles. The van der Waals surface area contributed by atoms with Crippen molar-refractivity contribution in [1.82, 2.24) is 0 Å². The van der Waals surface area contributed by atoms with Gasteiger partial charge in [-0.15, -0.1) is 0 Å². The van der Waals surface area contributed by atoms with Gasteiger partial charge in [-0.05, 0) is 30.3 Å². The first-order valence-corrected chi connectivity index (χ1v) is 8.98. The number of ether oxygens (including phenoxy) is 2. The number of methoxy groups -OCH3 is 2. The lowest BCUT2D eigenvalue weighted by Crippen LogP contribution is -2.15. The number of nitrogens with one attached hydrogen (secondary N) is 1. The molecule has 0 radical (unpaired) electrons. The molecule has 3 rings (SSSR count). The number of fused-ring (bicyclic) bond motifs is 1. The van der Waals surface area contributed by atoms with Crippen molar-refractivity contribution in [3.05, 3.63) is 52.0 Å². The van der Waals surface area contributed by atoms with Crippen molar-refractivity contribution in [2.45, 2.75) is 6.42 Å². The van der Waals surface area contributed by atoms with E-state index in [0.29, 0.717) is 16.3 Å². The van der Waals surface area contributed by atoms with Gasteiger partial charge in [0.15, 0.2) is 11.5 Å². The number of hydrogen-bond donors (Lipinski definition) is 2. The summed E-state index contributed by atoms with van der Waals surface area (Å²) in [6.45, 7) is 0.0875. The highest BCUT2D eigenvalue weighted by Crippen LogP contribution is 2.31. The Kier molecular flexibility index (Phi) is 5.84. The molecule has 0 aromatic heterocycles. The summed E-state index contributed by atoms with van der Waals surface area (Å²) in [5, 5.41) is 3.19. The molecule has 1 aliphatic rings. The summed E-state index contributed by atoms with van der Waals surface area (Å²) in [7, 11) is 2.59. The van der Waals surface area contributed by atoms with Crippen LogP contribution in [0.2, 0.25) is 5.02 Å². The Morgan fingerprint density at radius 2 is 1.90 bits per heavy atom. The number of carbonyl (C=O) groups excluding carboxylic acids is 3. The first kappa shape index (κ1) is 20.3. The Labute approximate surface area is 171 Å². The number of hydrogen-bond acceptors (Lipinski definition) is 7. The quantitative estimate of drug-likeness (QED) is 0.425. The van der Waals surface area contributed by atoms with Gasteiger partial charge in [0.2, 0.25) is 0 Å². The van der Waals surface area contributed by atoms with Gasteiger partial charge in [-0.25, -0.2) is 4.79 Å². The molecule has 8 nitrogen and oxygen atoms in total. The fourth-order valence-corrected chi connectivity index (χ4v) is 3.20. The van der Waals surface area contributed by atoms with Crippen molar-refractivity contribution in [2.24, 2.45) is 4.99 Å². The highest BCUT2D eigenvalue weighted by molar-refractivity contribution is 6.54. The van der Waals surface area contributed by atoms with Gasteiger partial charge in [-0.1, -0.05) is 11.6 Å². The Bertz CT molecular complexity index is 1050. The van der Waals surface area contributed by atoms with E-state index in [2.05, 4.69) is 15.0 Å². The number of ketones is 1. The molecule has 150 valence electrons. The van der Waals surface area contributed by atoms with Crippen LogP contribution < -0.4 is 15.8 Å². The number of nitrogens with two attached hydrogens (primary N) is 1. The Morgan fingerprint density at radius 1 is 1.17 bits per heavy atom. The van der Waals surface area contributed by atoms with Crippen molar-refractivity contribution in [3.63, 3.8) is 0 Å². The number of benzene rings is 2. The van der Waals surface area contributed by atoms with Gasteiger partial charge in [0, 0.05) is 29.1 Å². The molecule has 1 amide bonds. The van der Waals surface area contributed by atoms with Crippen LogP contribution in [-0.2, 0) is 9.53 Å². The molecular formula is C20H18ClN3O5. The van der Waals surface area contributed by atoms with E-state index in [1.807, 2.05) is 0 Å². The van der Waals surface area contributed by atoms with Gasteiger partial charge < -0.3 is 20.5 Å². The van der Waals surface area contributed by atoms with Crippen molar-refractivity contribution in [2.75, 3.05) is 31.8 Å². The molecule has 9 heteroatoms. The lowest BCUT2D eigenvalue weighted by molar-refractivity contribution is -0.110. The maximum atomic E-state index is 12.6. The summed E-state index contributed by atoms with van der Waals surface area (Å²) in [5.74, 6) is -1.19. The molecule has 0 unspecified atom stereocenters. The summed E-state index contributed by atoms with van der Waals surface area (Å²) in [6, 6.07) is 7.86. The van der Waals surface area contributed by atoms with Gasteiger partial charge in [0.1, 0.15) is 11.3 Å². The predicted molar refractivity (Wildman–Crippen MR) is 109 cm³/mol. The number of aliphatic imine (C=N–C) groups is 1. The third kappa shape index (κ3) is 3.93. The topological polar surface area (TPSA) is 120 Å². The second kappa shape index (κ2) is 8.32. The van der Waals surface area contributed by atoms with Crippen LogP contribution in [0.25, 0.3) is 0 Å². The fourth-order valence-electron chi connectivity index (χ4n) is 3.02. The summed E-state index contributed by atoms with van der Waals surface area (Å²) in [5.41, 5.74) is 7.86. The number of Topliss-reactive ketones (excluding diaryl/α,β-unsaturated/α-hetero) is 1. The molecule has 0 atom stereocenters. The number of nitrogens with zero attached hydrogens (tertiary/aromatic N) is 1. The summed E-state index contributed by atoms with van der Waals surface area (Å²) >= 11 is 5.93. The molecule has 1 heterocycles. The van der Waals surface area contributed by atoms with Gasteiger partial charge in [0.05, 0.1) is 25.6 Å². The van der Waals surface area contributed by atoms with E-state index in [1.54, 1.807) is 18.2 Å². The van der Waals surface area contributed by atoms with Crippen LogP contribution in [0.4, 0.5) is 11.4 Å². The van der Waals surface area contributed by atoms with Crippen molar-refractivity contribution < 1.29 is 23.9 Å². The van der Waals surface area contributed by atoms with Crippen LogP contribution in [0.1, 0.15) is 32.7 Å². The van der Waals surface area contributed by atoms with Crippen LogP contribution in [0, 0.1) is 0 Å². The fraction of sp³-hybridized carbons (Fsp3) is 0.200. The van der Waals surface area contributed by atoms with Gasteiger partial charge in [-0.3, -0.25) is 14.6 Å². The molecule has 3 N–H and O–H groups in total. The summed E-state index contributed by atoms with van der Waals surface area (Å²) in [6.07, 6.45) is 0.0185. The minimum atomic E-state index is -0.620. The standard InChI is InChI=1S/C20H18ClN3O5/c1-28-18-13(20(27)29-2)6-5-12(16(18)22)15(25)7-8-23-17-11-4-3-10(21)9-14(11)24-19(17)26/h3-6,9H,7-8,22H2,1-2H3,(H,23,24,26). The van der Waals surface area contributed by atoms with Crippen molar-refractivity contribution in [1.29, 1.82) is 0 Å². The first-order chi connectivity index (χ1) is 13.9. The number of esters is 1. The molecule has 0 saturated heterocycles. The molecule has 0 bridgehead atoms. The molecule has 0 aliphatic carbocycles. The maximum Gasteiger partial charge on any atom is 0.341 e. The monoisotopic (exact) mass is 415 g/mol. The third-order valence-corrected chi connectivity index (χ3v) is 4.65. The average Bonchev–Trinajstić information content (AvgIpc) is 3.01. The van der Waals surface area contributed by atoms with Crippen LogP contribution >= 0.6 is 11.6 Å². The normalized spacial score (nSPS) is 13.8. The van der Waals surface area contributed by atoms with E-state index in [9.17, 15) is 14.4 Å². The van der Waals surface area contributed by atoms with Gasteiger partial charge in [-0.2, -0.15) is 0 Å². The molecular weight excluding hydrogens is 398 g/mol. The molecule has 1 aliphatic heterocycles. The zero-order chi connectivity index (χ0) is 21.1. The number of carbonyl (C=O) groups is 3. The lowest BCUT2D eigenvalue weighted by atomic mass is 10.0. The number of halogens is 1. The smallest absolute Gasteiger partial charge is 0.341 e. The van der Waals surface area contributed by atoms with Gasteiger partial charge >= 0.3 is 5.97 Å². The van der Waals surface area contributed by atoms with Crippen LogP contribution in [0.5, 0.6) is 5.75 Å². The van der Waals surface area contributed by atoms with E-state index < -0.39 is 5.97 Å².